The van der Waals surface area contributed by atoms with Gasteiger partial charge in [-0.05, 0) is 40.2 Å². The van der Waals surface area contributed by atoms with Crippen molar-refractivity contribution in [3.05, 3.63) is 52.8 Å². The standard InChI is InChI=1S/C17H14BrNO4/c1-22-14-8-12(18)15(23-2)7-10(14)11-9-19-6-4-3-5-13(19)16(11)17(20)21/h3-9H,1-2H3,(H,20,21). The van der Waals surface area contributed by atoms with Crippen LogP contribution < -0.4 is 9.47 Å². The molecule has 0 spiro atoms. The van der Waals surface area contributed by atoms with Gasteiger partial charge in [-0.1, -0.05) is 6.07 Å². The van der Waals surface area contributed by atoms with E-state index < -0.39 is 5.97 Å². The van der Waals surface area contributed by atoms with Gasteiger partial charge in [-0.15, -0.1) is 0 Å². The second kappa shape index (κ2) is 5.96. The summed E-state index contributed by atoms with van der Waals surface area (Å²) in [7, 11) is 3.11. The Kier molecular flexibility index (Phi) is 4.00. The van der Waals surface area contributed by atoms with Gasteiger partial charge in [-0.3, -0.25) is 0 Å². The van der Waals surface area contributed by atoms with Crippen molar-refractivity contribution in [2.24, 2.45) is 0 Å². The zero-order valence-electron chi connectivity index (χ0n) is 12.5. The van der Waals surface area contributed by atoms with E-state index in [-0.39, 0.29) is 5.56 Å². The molecule has 0 unspecified atom stereocenters. The molecule has 0 fully saturated rings. The van der Waals surface area contributed by atoms with Crippen LogP contribution in [0.3, 0.4) is 0 Å². The normalized spacial score (nSPS) is 10.7. The summed E-state index contributed by atoms with van der Waals surface area (Å²) >= 11 is 3.41. The van der Waals surface area contributed by atoms with Gasteiger partial charge in [-0.25, -0.2) is 4.79 Å². The number of fused-ring (bicyclic) bond motifs is 1. The van der Waals surface area contributed by atoms with Gasteiger partial charge in [0.1, 0.15) is 11.5 Å². The van der Waals surface area contributed by atoms with E-state index in [4.69, 9.17) is 9.47 Å². The van der Waals surface area contributed by atoms with Crippen LogP contribution in [0.25, 0.3) is 16.6 Å². The van der Waals surface area contributed by atoms with Crippen molar-refractivity contribution < 1.29 is 19.4 Å². The van der Waals surface area contributed by atoms with E-state index in [0.717, 1.165) is 4.47 Å². The molecule has 118 valence electrons. The summed E-state index contributed by atoms with van der Waals surface area (Å²) in [6.45, 7) is 0. The number of benzene rings is 1. The Morgan fingerprint density at radius 3 is 2.52 bits per heavy atom. The molecule has 2 aromatic heterocycles. The van der Waals surface area contributed by atoms with Gasteiger partial charge >= 0.3 is 5.97 Å². The number of carbonyl (C=O) groups is 1. The van der Waals surface area contributed by atoms with Gasteiger partial charge in [0.05, 0.1) is 29.8 Å². The van der Waals surface area contributed by atoms with Crippen LogP contribution >= 0.6 is 15.9 Å². The second-order valence-corrected chi connectivity index (χ2v) is 5.76. The smallest absolute Gasteiger partial charge is 0.338 e. The number of halogens is 1. The fourth-order valence-electron chi connectivity index (χ4n) is 2.62. The first-order chi connectivity index (χ1) is 11.1. The maximum atomic E-state index is 11.8. The minimum Gasteiger partial charge on any atom is -0.496 e. The molecule has 1 N–H and O–H groups in total. The summed E-state index contributed by atoms with van der Waals surface area (Å²) in [4.78, 5) is 11.8. The van der Waals surface area contributed by atoms with Gasteiger partial charge < -0.3 is 19.0 Å². The van der Waals surface area contributed by atoms with Crippen LogP contribution in [0, 0.1) is 0 Å². The number of carboxylic acid groups (broad SMARTS) is 1. The summed E-state index contributed by atoms with van der Waals surface area (Å²) in [6, 6.07) is 8.97. The molecule has 3 aromatic rings. The van der Waals surface area contributed by atoms with Crippen LogP contribution in [0.5, 0.6) is 11.5 Å². The largest absolute Gasteiger partial charge is 0.496 e. The molecule has 0 saturated carbocycles. The Hall–Kier alpha value is -2.47. The highest BCUT2D eigenvalue weighted by Crippen LogP contribution is 2.41. The number of nitrogens with zero attached hydrogens (tertiary/aromatic N) is 1. The predicted octanol–water partition coefficient (Wildman–Crippen LogP) is 4.08. The Morgan fingerprint density at radius 2 is 1.87 bits per heavy atom. The summed E-state index contributed by atoms with van der Waals surface area (Å²) in [6.07, 6.45) is 3.60. The van der Waals surface area contributed by atoms with E-state index in [1.165, 1.54) is 0 Å². The average molecular weight is 376 g/mol. The lowest BCUT2D eigenvalue weighted by atomic mass is 10.0. The molecule has 0 aliphatic rings. The Balaban J connectivity index is 2.36. The number of hydrogen-bond donors (Lipinski definition) is 1. The van der Waals surface area contributed by atoms with Gasteiger partial charge in [0.2, 0.25) is 0 Å². The number of ether oxygens (including phenoxy) is 2. The molecule has 0 atom stereocenters. The lowest BCUT2D eigenvalue weighted by molar-refractivity contribution is 0.0700. The van der Waals surface area contributed by atoms with Gasteiger partial charge in [0, 0.05) is 23.5 Å². The third-order valence-electron chi connectivity index (χ3n) is 3.66. The maximum Gasteiger partial charge on any atom is 0.338 e. The average Bonchev–Trinajstić information content (AvgIpc) is 2.93. The Bertz CT molecular complexity index is 901. The third-order valence-corrected chi connectivity index (χ3v) is 4.28. The monoisotopic (exact) mass is 375 g/mol. The first-order valence-corrected chi connectivity index (χ1v) is 7.61. The molecule has 0 bridgehead atoms. The van der Waals surface area contributed by atoms with E-state index >= 15 is 0 Å². The molecule has 0 radical (unpaired) electrons. The SMILES string of the molecule is COc1cc(-c2cn3ccccc3c2C(=O)O)c(OC)cc1Br. The fourth-order valence-corrected chi connectivity index (χ4v) is 3.11. The van der Waals surface area contributed by atoms with Crippen LogP contribution in [-0.2, 0) is 0 Å². The van der Waals surface area contributed by atoms with E-state index in [9.17, 15) is 9.90 Å². The van der Waals surface area contributed by atoms with Gasteiger partial charge in [-0.2, -0.15) is 0 Å². The Labute approximate surface area is 141 Å². The molecule has 1 aromatic carbocycles. The fraction of sp³-hybridized carbons (Fsp3) is 0.118. The first-order valence-electron chi connectivity index (χ1n) is 6.81. The van der Waals surface area contributed by atoms with E-state index in [2.05, 4.69) is 15.9 Å². The summed E-state index contributed by atoms with van der Waals surface area (Å²) in [5.41, 5.74) is 2.09. The summed E-state index contributed by atoms with van der Waals surface area (Å²) in [5.74, 6) is 0.182. The molecule has 0 saturated heterocycles. The highest BCUT2D eigenvalue weighted by Gasteiger charge is 2.22. The number of hydrogen-bond acceptors (Lipinski definition) is 3. The Morgan fingerprint density at radius 1 is 1.13 bits per heavy atom. The quantitative estimate of drug-likeness (QED) is 0.745. The maximum absolute atomic E-state index is 11.8. The second-order valence-electron chi connectivity index (χ2n) is 4.90. The van der Waals surface area contributed by atoms with E-state index in [0.29, 0.717) is 28.1 Å². The molecule has 3 rings (SSSR count). The van der Waals surface area contributed by atoms with Gasteiger partial charge in [0.25, 0.3) is 0 Å². The van der Waals surface area contributed by atoms with Crippen molar-refractivity contribution in [1.82, 2.24) is 4.40 Å². The number of rotatable bonds is 4. The molecule has 2 heterocycles. The molecule has 0 aliphatic heterocycles. The van der Waals surface area contributed by atoms with Crippen LogP contribution in [-0.4, -0.2) is 29.7 Å². The number of aromatic carboxylic acids is 1. The summed E-state index contributed by atoms with van der Waals surface area (Å²) in [5, 5.41) is 9.66. The first kappa shape index (κ1) is 15.4. The molecular weight excluding hydrogens is 362 g/mol. The van der Waals surface area contributed by atoms with Crippen LogP contribution in [0.2, 0.25) is 0 Å². The topological polar surface area (TPSA) is 60.2 Å². The molecule has 0 aliphatic carbocycles. The molecule has 6 heteroatoms. The zero-order valence-corrected chi connectivity index (χ0v) is 14.1. The number of pyridine rings is 1. The molecule has 23 heavy (non-hydrogen) atoms. The highest BCUT2D eigenvalue weighted by molar-refractivity contribution is 9.10. The van der Waals surface area contributed by atoms with Crippen molar-refractivity contribution in [1.29, 1.82) is 0 Å². The van der Waals surface area contributed by atoms with Crippen molar-refractivity contribution in [2.75, 3.05) is 14.2 Å². The lowest BCUT2D eigenvalue weighted by Gasteiger charge is -2.12. The van der Waals surface area contributed by atoms with Crippen molar-refractivity contribution in [3.8, 4) is 22.6 Å². The predicted molar refractivity (Wildman–Crippen MR) is 90.6 cm³/mol. The minimum absolute atomic E-state index is 0.230. The van der Waals surface area contributed by atoms with E-state index in [1.807, 2.05) is 18.3 Å². The van der Waals surface area contributed by atoms with Crippen molar-refractivity contribution in [3.63, 3.8) is 0 Å². The zero-order chi connectivity index (χ0) is 16.6. The van der Waals surface area contributed by atoms with Crippen LogP contribution in [0.1, 0.15) is 10.4 Å². The van der Waals surface area contributed by atoms with Crippen molar-refractivity contribution >= 4 is 27.4 Å². The summed E-state index contributed by atoms with van der Waals surface area (Å²) < 4.78 is 13.3. The molecule has 5 nitrogen and oxygen atoms in total. The lowest BCUT2D eigenvalue weighted by Crippen LogP contribution is -1.99. The highest BCUT2D eigenvalue weighted by atomic mass is 79.9. The minimum atomic E-state index is -0.988. The molecule has 0 amide bonds. The van der Waals surface area contributed by atoms with Gasteiger partial charge in [0.15, 0.2) is 0 Å². The van der Waals surface area contributed by atoms with E-state index in [1.54, 1.807) is 43.0 Å². The van der Waals surface area contributed by atoms with Crippen LogP contribution in [0.15, 0.2) is 47.2 Å². The number of aromatic nitrogens is 1. The number of methoxy groups -OCH3 is 2. The number of carboxylic acids is 1. The van der Waals surface area contributed by atoms with Crippen molar-refractivity contribution in [2.45, 2.75) is 0 Å². The third kappa shape index (κ3) is 2.55. The molecular formula is C17H14BrNO4. The van der Waals surface area contributed by atoms with Crippen LogP contribution in [0.4, 0.5) is 0 Å².